The normalized spacial score (nSPS) is 27.2. The number of likely N-dealkylation sites (tertiary alicyclic amines) is 1. The van der Waals surface area contributed by atoms with Gasteiger partial charge in [-0.1, -0.05) is 18.7 Å². The Labute approximate surface area is 125 Å². The Morgan fingerprint density at radius 3 is 3.00 bits per heavy atom. The topological polar surface area (TPSA) is 41.1 Å². The van der Waals surface area contributed by atoms with E-state index in [1.165, 1.54) is 44.5 Å². The van der Waals surface area contributed by atoms with E-state index in [-0.39, 0.29) is 0 Å². The number of nitrogens with one attached hydrogen (secondary N) is 1. The molecule has 0 unspecified atom stereocenters. The first kappa shape index (κ1) is 14.3. The van der Waals surface area contributed by atoms with Gasteiger partial charge in [-0.25, -0.2) is 9.97 Å². The molecule has 0 radical (unpaired) electrons. The minimum atomic E-state index is 0.764. The molecule has 2 atom stereocenters. The number of hydrogen-bond acceptors (Lipinski definition) is 5. The van der Waals surface area contributed by atoms with Crippen molar-refractivity contribution in [2.45, 2.75) is 43.9 Å². The quantitative estimate of drug-likeness (QED) is 0.680. The zero-order valence-corrected chi connectivity index (χ0v) is 13.0. The fraction of sp³-hybridized carbons (Fsp3) is 0.733. The average Bonchev–Trinajstić information content (AvgIpc) is 2.49. The van der Waals surface area contributed by atoms with Crippen LogP contribution in [0.25, 0.3) is 0 Å². The smallest absolute Gasteiger partial charge is 0.187 e. The predicted octanol–water partition coefficient (Wildman–Crippen LogP) is 2.16. The molecule has 110 valence electrons. The SMILES string of the molecule is CCSc1ncc(CN2CC[C@@H]3NCCC[C@@H]3C2)cn1. The van der Waals surface area contributed by atoms with Gasteiger partial charge in [-0.3, -0.25) is 4.90 Å². The van der Waals surface area contributed by atoms with Crippen LogP contribution in [0.2, 0.25) is 0 Å². The lowest BCUT2D eigenvalue weighted by atomic mass is 9.85. The first-order valence-electron chi connectivity index (χ1n) is 7.74. The summed E-state index contributed by atoms with van der Waals surface area (Å²) in [4.78, 5) is 11.4. The molecule has 4 nitrogen and oxygen atoms in total. The van der Waals surface area contributed by atoms with Gasteiger partial charge in [-0.15, -0.1) is 0 Å². The lowest BCUT2D eigenvalue weighted by molar-refractivity contribution is 0.108. The van der Waals surface area contributed by atoms with Crippen molar-refractivity contribution in [2.24, 2.45) is 5.92 Å². The summed E-state index contributed by atoms with van der Waals surface area (Å²) in [6.45, 7) is 6.76. The van der Waals surface area contributed by atoms with Gasteiger partial charge in [0.15, 0.2) is 5.16 Å². The van der Waals surface area contributed by atoms with Crippen LogP contribution >= 0.6 is 11.8 Å². The summed E-state index contributed by atoms with van der Waals surface area (Å²) in [5.74, 6) is 1.87. The minimum Gasteiger partial charge on any atom is -0.314 e. The average molecular weight is 292 g/mol. The molecule has 2 fully saturated rings. The van der Waals surface area contributed by atoms with Crippen molar-refractivity contribution < 1.29 is 0 Å². The maximum atomic E-state index is 4.43. The lowest BCUT2D eigenvalue weighted by Crippen LogP contribution is -2.51. The molecule has 1 aromatic rings. The third-order valence-corrected chi connectivity index (χ3v) is 5.10. The zero-order chi connectivity index (χ0) is 13.8. The van der Waals surface area contributed by atoms with Crippen molar-refractivity contribution in [1.29, 1.82) is 0 Å². The van der Waals surface area contributed by atoms with Crippen molar-refractivity contribution >= 4 is 11.8 Å². The van der Waals surface area contributed by atoms with E-state index in [4.69, 9.17) is 0 Å². The monoisotopic (exact) mass is 292 g/mol. The molecule has 3 rings (SSSR count). The van der Waals surface area contributed by atoms with Gasteiger partial charge in [0.25, 0.3) is 0 Å². The Hall–Kier alpha value is -0.650. The summed E-state index contributed by atoms with van der Waals surface area (Å²) in [5, 5.41) is 4.57. The van der Waals surface area contributed by atoms with Gasteiger partial charge < -0.3 is 5.32 Å². The summed E-state index contributed by atoms with van der Waals surface area (Å²) in [6, 6.07) is 0.764. The molecule has 2 saturated heterocycles. The van der Waals surface area contributed by atoms with Gasteiger partial charge in [-0.05, 0) is 44.0 Å². The van der Waals surface area contributed by atoms with Gasteiger partial charge in [0, 0.05) is 37.1 Å². The van der Waals surface area contributed by atoms with E-state index in [1.807, 2.05) is 12.4 Å². The molecule has 0 amide bonds. The maximum Gasteiger partial charge on any atom is 0.187 e. The Morgan fingerprint density at radius 2 is 2.20 bits per heavy atom. The van der Waals surface area contributed by atoms with E-state index in [9.17, 15) is 0 Å². The van der Waals surface area contributed by atoms with E-state index in [2.05, 4.69) is 27.1 Å². The Morgan fingerprint density at radius 1 is 1.35 bits per heavy atom. The lowest BCUT2D eigenvalue weighted by Gasteiger charge is -2.41. The van der Waals surface area contributed by atoms with E-state index in [0.717, 1.165) is 29.4 Å². The number of thioether (sulfide) groups is 1. The van der Waals surface area contributed by atoms with Gasteiger partial charge in [0.05, 0.1) is 0 Å². The summed E-state index contributed by atoms with van der Waals surface area (Å²) in [5.41, 5.74) is 1.24. The van der Waals surface area contributed by atoms with Crippen molar-refractivity contribution in [3.63, 3.8) is 0 Å². The molecule has 3 heterocycles. The van der Waals surface area contributed by atoms with Crippen molar-refractivity contribution in [1.82, 2.24) is 20.2 Å². The van der Waals surface area contributed by atoms with Gasteiger partial charge >= 0.3 is 0 Å². The molecule has 1 N–H and O–H groups in total. The molecule has 2 aliphatic heterocycles. The molecule has 0 saturated carbocycles. The summed E-state index contributed by atoms with van der Waals surface area (Å²) < 4.78 is 0. The van der Waals surface area contributed by atoms with Crippen LogP contribution in [0.15, 0.2) is 17.6 Å². The number of nitrogens with zero attached hydrogens (tertiary/aromatic N) is 3. The second kappa shape index (κ2) is 6.87. The molecular weight excluding hydrogens is 268 g/mol. The molecule has 0 aliphatic carbocycles. The summed E-state index contributed by atoms with van der Waals surface area (Å²) in [7, 11) is 0. The fourth-order valence-electron chi connectivity index (χ4n) is 3.35. The van der Waals surface area contributed by atoms with Crippen LogP contribution < -0.4 is 5.32 Å². The first-order valence-corrected chi connectivity index (χ1v) is 8.73. The molecule has 1 aromatic heterocycles. The summed E-state index contributed by atoms with van der Waals surface area (Å²) in [6.07, 6.45) is 8.00. The largest absolute Gasteiger partial charge is 0.314 e. The number of fused-ring (bicyclic) bond motifs is 1. The van der Waals surface area contributed by atoms with Crippen LogP contribution in [0.1, 0.15) is 31.7 Å². The third-order valence-electron chi connectivity index (χ3n) is 4.34. The Bertz CT molecular complexity index is 422. The number of rotatable bonds is 4. The Balaban J connectivity index is 1.55. The van der Waals surface area contributed by atoms with Crippen LogP contribution in [-0.4, -0.2) is 46.3 Å². The molecule has 2 aliphatic rings. The summed E-state index contributed by atoms with van der Waals surface area (Å²) >= 11 is 1.70. The van der Waals surface area contributed by atoms with Crippen molar-refractivity contribution in [2.75, 3.05) is 25.4 Å². The fourth-order valence-corrected chi connectivity index (χ4v) is 3.86. The highest BCUT2D eigenvalue weighted by molar-refractivity contribution is 7.99. The molecular formula is C15H24N4S. The number of hydrogen-bond donors (Lipinski definition) is 1. The Kier molecular flexibility index (Phi) is 4.91. The van der Waals surface area contributed by atoms with E-state index < -0.39 is 0 Å². The van der Waals surface area contributed by atoms with E-state index in [0.29, 0.717) is 0 Å². The third kappa shape index (κ3) is 3.51. The number of piperidine rings is 2. The van der Waals surface area contributed by atoms with E-state index >= 15 is 0 Å². The molecule has 0 aromatic carbocycles. The molecule has 0 bridgehead atoms. The van der Waals surface area contributed by atoms with Crippen molar-refractivity contribution in [3.05, 3.63) is 18.0 Å². The van der Waals surface area contributed by atoms with Crippen LogP contribution in [-0.2, 0) is 6.54 Å². The van der Waals surface area contributed by atoms with Gasteiger partial charge in [0.1, 0.15) is 0 Å². The predicted molar refractivity (Wildman–Crippen MR) is 82.8 cm³/mol. The maximum absolute atomic E-state index is 4.43. The zero-order valence-electron chi connectivity index (χ0n) is 12.2. The van der Waals surface area contributed by atoms with Crippen LogP contribution in [0, 0.1) is 5.92 Å². The van der Waals surface area contributed by atoms with Crippen LogP contribution in [0.4, 0.5) is 0 Å². The second-order valence-corrected chi connectivity index (χ2v) is 7.02. The van der Waals surface area contributed by atoms with E-state index in [1.54, 1.807) is 11.8 Å². The van der Waals surface area contributed by atoms with Crippen molar-refractivity contribution in [3.8, 4) is 0 Å². The molecule has 20 heavy (non-hydrogen) atoms. The second-order valence-electron chi connectivity index (χ2n) is 5.79. The first-order chi connectivity index (χ1) is 9.85. The molecule has 5 heteroatoms. The highest BCUT2D eigenvalue weighted by atomic mass is 32.2. The van der Waals surface area contributed by atoms with Crippen LogP contribution in [0.3, 0.4) is 0 Å². The van der Waals surface area contributed by atoms with Crippen LogP contribution in [0.5, 0.6) is 0 Å². The highest BCUT2D eigenvalue weighted by Crippen LogP contribution is 2.25. The van der Waals surface area contributed by atoms with Gasteiger partial charge in [-0.2, -0.15) is 0 Å². The standard InChI is InChI=1S/C15H24N4S/c1-2-20-15-17-8-12(9-18-15)10-19-7-5-14-13(11-19)4-3-6-16-14/h8-9,13-14,16H,2-7,10-11H2,1H3/t13-,14+/m1/s1. The highest BCUT2D eigenvalue weighted by Gasteiger charge is 2.30. The van der Waals surface area contributed by atoms with Gasteiger partial charge in [0.2, 0.25) is 0 Å². The minimum absolute atomic E-state index is 0.764. The molecule has 0 spiro atoms. The number of aromatic nitrogens is 2.